The number of benzene rings is 2. The van der Waals surface area contributed by atoms with Crippen molar-refractivity contribution in [3.63, 3.8) is 0 Å². The Morgan fingerprint density at radius 2 is 1.82 bits per heavy atom. The SMILES string of the molecule is COc1ccccc1C(=O)NC[C@]1(c2ccccc2)CC[C@H](N(CC2CC2)C(N)=NC#N)CC1. The highest BCUT2D eigenvalue weighted by atomic mass is 16.5. The monoisotopic (exact) mass is 459 g/mol. The van der Waals surface area contributed by atoms with Gasteiger partial charge in [0.1, 0.15) is 5.75 Å². The average Bonchev–Trinajstić information content (AvgIpc) is 3.71. The number of amides is 1. The highest BCUT2D eigenvalue weighted by Gasteiger charge is 2.40. The maximum Gasteiger partial charge on any atom is 0.255 e. The van der Waals surface area contributed by atoms with Crippen LogP contribution < -0.4 is 15.8 Å². The molecule has 0 heterocycles. The second-order valence-electron chi connectivity index (χ2n) is 9.43. The first-order valence-electron chi connectivity index (χ1n) is 12.0. The molecule has 2 fully saturated rings. The van der Waals surface area contributed by atoms with Gasteiger partial charge in [-0.05, 0) is 62.1 Å². The maximum atomic E-state index is 13.0. The summed E-state index contributed by atoms with van der Waals surface area (Å²) in [4.78, 5) is 19.0. The maximum absolute atomic E-state index is 13.0. The van der Waals surface area contributed by atoms with Crippen LogP contribution in [0.1, 0.15) is 54.4 Å². The van der Waals surface area contributed by atoms with Crippen LogP contribution in [0.4, 0.5) is 0 Å². The highest BCUT2D eigenvalue weighted by molar-refractivity contribution is 5.97. The first-order chi connectivity index (χ1) is 16.6. The van der Waals surface area contributed by atoms with E-state index in [1.807, 2.05) is 24.4 Å². The number of carbonyl (C=O) groups is 1. The van der Waals surface area contributed by atoms with Gasteiger partial charge in [0.05, 0.1) is 12.7 Å². The van der Waals surface area contributed by atoms with Crippen LogP contribution in [-0.4, -0.2) is 43.0 Å². The minimum atomic E-state index is -0.165. The summed E-state index contributed by atoms with van der Waals surface area (Å²) in [7, 11) is 1.58. The third-order valence-electron chi connectivity index (χ3n) is 7.29. The molecule has 34 heavy (non-hydrogen) atoms. The Hall–Kier alpha value is -3.53. The summed E-state index contributed by atoms with van der Waals surface area (Å²) < 4.78 is 5.38. The molecule has 3 N–H and O–H groups in total. The summed E-state index contributed by atoms with van der Waals surface area (Å²) in [6.45, 7) is 1.41. The van der Waals surface area contributed by atoms with Crippen molar-refractivity contribution in [3.05, 3.63) is 65.7 Å². The molecule has 0 unspecified atom stereocenters. The molecule has 0 spiro atoms. The topological polar surface area (TPSA) is 104 Å². The summed E-state index contributed by atoms with van der Waals surface area (Å²) in [5, 5.41) is 12.2. The van der Waals surface area contributed by atoms with Crippen LogP contribution in [0, 0.1) is 17.4 Å². The van der Waals surface area contributed by atoms with Gasteiger partial charge in [0.2, 0.25) is 12.2 Å². The van der Waals surface area contributed by atoms with Crippen molar-refractivity contribution >= 4 is 11.9 Å². The first kappa shape index (κ1) is 23.6. The molecule has 7 nitrogen and oxygen atoms in total. The third-order valence-corrected chi connectivity index (χ3v) is 7.29. The van der Waals surface area contributed by atoms with Gasteiger partial charge in [-0.3, -0.25) is 4.79 Å². The van der Waals surface area contributed by atoms with Crippen LogP contribution in [0.5, 0.6) is 5.75 Å². The van der Waals surface area contributed by atoms with Gasteiger partial charge in [-0.15, -0.1) is 4.99 Å². The molecular formula is C27H33N5O2. The van der Waals surface area contributed by atoms with E-state index >= 15 is 0 Å². The van der Waals surface area contributed by atoms with Crippen LogP contribution in [0.3, 0.4) is 0 Å². The molecule has 1 amide bonds. The molecule has 0 bridgehead atoms. The van der Waals surface area contributed by atoms with Crippen LogP contribution in [-0.2, 0) is 5.41 Å². The Bertz CT molecular complexity index is 1050. The van der Waals surface area contributed by atoms with E-state index in [9.17, 15) is 4.79 Å². The van der Waals surface area contributed by atoms with Crippen molar-refractivity contribution in [2.24, 2.45) is 16.6 Å². The van der Waals surface area contributed by atoms with Crippen molar-refractivity contribution in [2.45, 2.75) is 50.0 Å². The number of hydrogen-bond acceptors (Lipinski definition) is 4. The smallest absolute Gasteiger partial charge is 0.255 e. The zero-order chi connectivity index (χ0) is 24.0. The number of nitrogens with two attached hydrogens (primary N) is 1. The number of ether oxygens (including phenoxy) is 1. The highest BCUT2D eigenvalue weighted by Crippen LogP contribution is 2.41. The molecule has 2 saturated carbocycles. The van der Waals surface area contributed by atoms with Crippen LogP contribution in [0.25, 0.3) is 0 Å². The fourth-order valence-corrected chi connectivity index (χ4v) is 5.13. The molecule has 0 saturated heterocycles. The predicted octanol–water partition coefficient (Wildman–Crippen LogP) is 3.81. The Kier molecular flexibility index (Phi) is 7.36. The molecule has 2 aliphatic rings. The summed E-state index contributed by atoms with van der Waals surface area (Å²) in [6, 6.07) is 18.0. The lowest BCUT2D eigenvalue weighted by Crippen LogP contribution is -2.51. The van der Waals surface area contributed by atoms with E-state index in [1.165, 1.54) is 18.4 Å². The lowest BCUT2D eigenvalue weighted by Gasteiger charge is -2.44. The quantitative estimate of drug-likeness (QED) is 0.355. The summed E-state index contributed by atoms with van der Waals surface area (Å²) in [6.07, 6.45) is 7.94. The number of aliphatic imine (C=N–C) groups is 1. The molecule has 0 aliphatic heterocycles. The Morgan fingerprint density at radius 1 is 1.15 bits per heavy atom. The van der Waals surface area contributed by atoms with Gasteiger partial charge in [0, 0.05) is 24.5 Å². The largest absolute Gasteiger partial charge is 0.496 e. The van der Waals surface area contributed by atoms with Gasteiger partial charge in [-0.2, -0.15) is 5.26 Å². The van der Waals surface area contributed by atoms with Gasteiger partial charge in [0.25, 0.3) is 5.91 Å². The molecule has 2 aliphatic carbocycles. The Balaban J connectivity index is 1.51. The van der Waals surface area contributed by atoms with Crippen molar-refractivity contribution in [2.75, 3.05) is 20.2 Å². The molecule has 0 radical (unpaired) electrons. The summed E-state index contributed by atoms with van der Waals surface area (Å²) in [5.74, 6) is 1.42. The van der Waals surface area contributed by atoms with Crippen molar-refractivity contribution < 1.29 is 9.53 Å². The minimum Gasteiger partial charge on any atom is -0.496 e. The van der Waals surface area contributed by atoms with Gasteiger partial charge >= 0.3 is 0 Å². The fraction of sp³-hybridized carbons (Fsp3) is 0.444. The second-order valence-corrected chi connectivity index (χ2v) is 9.43. The number of methoxy groups -OCH3 is 1. The fourth-order valence-electron chi connectivity index (χ4n) is 5.13. The number of nitriles is 1. The van der Waals surface area contributed by atoms with E-state index in [-0.39, 0.29) is 17.4 Å². The number of guanidine groups is 1. The Morgan fingerprint density at radius 3 is 2.47 bits per heavy atom. The average molecular weight is 460 g/mol. The molecule has 7 heteroatoms. The zero-order valence-electron chi connectivity index (χ0n) is 19.7. The normalized spacial score (nSPS) is 22.5. The lowest BCUT2D eigenvalue weighted by atomic mass is 9.67. The number of para-hydroxylation sites is 1. The minimum absolute atomic E-state index is 0.129. The van der Waals surface area contributed by atoms with Crippen LogP contribution in [0.2, 0.25) is 0 Å². The van der Waals surface area contributed by atoms with E-state index in [4.69, 9.17) is 15.7 Å². The van der Waals surface area contributed by atoms with E-state index in [0.29, 0.717) is 29.7 Å². The van der Waals surface area contributed by atoms with E-state index in [1.54, 1.807) is 19.2 Å². The van der Waals surface area contributed by atoms with Crippen LogP contribution in [0.15, 0.2) is 59.6 Å². The zero-order valence-corrected chi connectivity index (χ0v) is 19.7. The van der Waals surface area contributed by atoms with E-state index in [0.717, 1.165) is 32.2 Å². The van der Waals surface area contributed by atoms with Crippen molar-refractivity contribution in [1.82, 2.24) is 10.2 Å². The van der Waals surface area contributed by atoms with Crippen molar-refractivity contribution in [3.8, 4) is 11.9 Å². The van der Waals surface area contributed by atoms with Gasteiger partial charge in [-0.1, -0.05) is 42.5 Å². The molecule has 2 aromatic rings. The Labute approximate surface area is 201 Å². The number of hydrogen-bond donors (Lipinski definition) is 2. The molecule has 4 rings (SSSR count). The molecule has 178 valence electrons. The number of nitrogens with zero attached hydrogens (tertiary/aromatic N) is 3. The predicted molar refractivity (Wildman–Crippen MR) is 132 cm³/mol. The third kappa shape index (κ3) is 5.33. The van der Waals surface area contributed by atoms with E-state index in [2.05, 4.69) is 39.5 Å². The molecular weight excluding hydrogens is 426 g/mol. The molecule has 0 atom stereocenters. The van der Waals surface area contributed by atoms with Crippen LogP contribution >= 0.6 is 0 Å². The summed E-state index contributed by atoms with van der Waals surface area (Å²) >= 11 is 0. The van der Waals surface area contributed by atoms with E-state index < -0.39 is 0 Å². The van der Waals surface area contributed by atoms with Crippen molar-refractivity contribution in [1.29, 1.82) is 5.26 Å². The van der Waals surface area contributed by atoms with Gasteiger partial charge in [0.15, 0.2) is 0 Å². The second kappa shape index (κ2) is 10.6. The standard InChI is InChI=1S/C27H33N5O2/c1-34-24-10-6-5-9-23(24)25(33)30-18-27(21-7-3-2-4-8-21)15-13-22(14-16-27)32(17-20-11-12-20)26(29)31-19-28/h2-10,20,22H,11-18H2,1H3,(H2,29,31)(H,30,33)/t22-,27-. The molecule has 2 aromatic carbocycles. The molecule has 0 aromatic heterocycles. The number of nitrogens with one attached hydrogen (secondary N) is 1. The first-order valence-corrected chi connectivity index (χ1v) is 12.0. The summed E-state index contributed by atoms with van der Waals surface area (Å²) in [5.41, 5.74) is 7.80. The lowest BCUT2D eigenvalue weighted by molar-refractivity contribution is 0.0925. The van der Waals surface area contributed by atoms with Gasteiger partial charge < -0.3 is 20.7 Å². The number of carbonyl (C=O) groups excluding carboxylic acids is 1. The van der Waals surface area contributed by atoms with Gasteiger partial charge in [-0.25, -0.2) is 0 Å². The number of rotatable bonds is 8.